The normalized spacial score (nSPS) is 12.2. The molecular formula is C24H21ClF3N7O3. The SMILES string of the molecule is CN(C)C(=O)c1ccc(Nc2ncc(-c3nnc(C(F)(F)F)o3)c(N[C@H](CO)c3ccccc3)n2)cc1Cl. The van der Waals surface area contributed by atoms with Crippen LogP contribution < -0.4 is 10.6 Å². The quantitative estimate of drug-likeness (QED) is 0.285. The zero-order valence-electron chi connectivity index (χ0n) is 20.0. The van der Waals surface area contributed by atoms with Gasteiger partial charge in [0.25, 0.3) is 11.8 Å². The van der Waals surface area contributed by atoms with E-state index < -0.39 is 24.0 Å². The molecule has 2 heterocycles. The van der Waals surface area contributed by atoms with Gasteiger partial charge in [-0.2, -0.15) is 18.2 Å². The monoisotopic (exact) mass is 547 g/mol. The van der Waals surface area contributed by atoms with Gasteiger partial charge in [0, 0.05) is 26.0 Å². The van der Waals surface area contributed by atoms with Crippen LogP contribution >= 0.6 is 11.6 Å². The van der Waals surface area contributed by atoms with Crippen LogP contribution in [0.1, 0.15) is 27.9 Å². The molecule has 0 aliphatic heterocycles. The number of rotatable bonds is 8. The average Bonchev–Trinajstić information content (AvgIpc) is 3.38. The number of benzene rings is 2. The van der Waals surface area contributed by atoms with Crippen LogP contribution in [-0.2, 0) is 6.18 Å². The Bertz CT molecular complexity index is 1430. The average molecular weight is 548 g/mol. The topological polar surface area (TPSA) is 129 Å². The van der Waals surface area contributed by atoms with Gasteiger partial charge in [-0.3, -0.25) is 4.79 Å². The second-order valence-corrected chi connectivity index (χ2v) is 8.58. The van der Waals surface area contributed by atoms with Gasteiger partial charge >= 0.3 is 12.1 Å². The fourth-order valence-electron chi connectivity index (χ4n) is 3.38. The number of amides is 1. The smallest absolute Gasteiger partial charge is 0.412 e. The van der Waals surface area contributed by atoms with E-state index in [9.17, 15) is 23.1 Å². The number of carbonyl (C=O) groups is 1. The van der Waals surface area contributed by atoms with Gasteiger partial charge in [-0.15, -0.1) is 10.2 Å². The third-order valence-electron chi connectivity index (χ3n) is 5.24. The number of carbonyl (C=O) groups excluding carboxylic acids is 1. The van der Waals surface area contributed by atoms with Crippen molar-refractivity contribution in [2.45, 2.75) is 12.2 Å². The molecule has 198 valence electrons. The van der Waals surface area contributed by atoms with Crippen LogP contribution in [0.15, 0.2) is 59.1 Å². The minimum atomic E-state index is -4.84. The highest BCUT2D eigenvalue weighted by atomic mass is 35.5. The molecule has 0 saturated carbocycles. The summed E-state index contributed by atoms with van der Waals surface area (Å²) in [4.78, 5) is 22.2. The standard InChI is InChI=1S/C24H21ClF3N7O3/c1-35(2)21(37)15-9-8-14(10-17(15)25)30-23-29-11-16(20-33-34-22(38-20)24(26,27)28)19(32-23)31-18(12-36)13-6-4-3-5-7-13/h3-11,18,36H,12H2,1-2H3,(H2,29,30,31,32)/t18-/m1/s1. The second kappa shape index (κ2) is 11.0. The number of alkyl halides is 3. The molecule has 2 aromatic heterocycles. The van der Waals surface area contributed by atoms with Crippen LogP contribution in [0.4, 0.5) is 30.6 Å². The maximum atomic E-state index is 13.0. The van der Waals surface area contributed by atoms with Crippen molar-refractivity contribution < 1.29 is 27.5 Å². The first-order valence-electron chi connectivity index (χ1n) is 11.1. The van der Waals surface area contributed by atoms with Crippen molar-refractivity contribution in [2.24, 2.45) is 0 Å². The number of halogens is 4. The zero-order chi connectivity index (χ0) is 27.4. The van der Waals surface area contributed by atoms with E-state index in [1.165, 1.54) is 23.2 Å². The largest absolute Gasteiger partial charge is 0.470 e. The number of aliphatic hydroxyl groups is 1. The molecule has 14 heteroatoms. The maximum Gasteiger partial charge on any atom is 0.470 e. The molecule has 0 saturated heterocycles. The Morgan fingerprint density at radius 3 is 2.50 bits per heavy atom. The Morgan fingerprint density at radius 1 is 1.16 bits per heavy atom. The Morgan fingerprint density at radius 2 is 1.89 bits per heavy atom. The summed E-state index contributed by atoms with van der Waals surface area (Å²) in [6, 6.07) is 12.9. The fourth-order valence-corrected chi connectivity index (χ4v) is 3.64. The van der Waals surface area contributed by atoms with Gasteiger partial charge in [0.05, 0.1) is 28.8 Å². The van der Waals surface area contributed by atoms with Crippen molar-refractivity contribution in [1.29, 1.82) is 0 Å². The lowest BCUT2D eigenvalue weighted by Gasteiger charge is -2.19. The number of nitrogens with one attached hydrogen (secondary N) is 2. The minimum Gasteiger partial charge on any atom is -0.412 e. The van der Waals surface area contributed by atoms with Gasteiger partial charge in [-0.1, -0.05) is 41.9 Å². The Balaban J connectivity index is 1.70. The maximum absolute atomic E-state index is 13.0. The van der Waals surface area contributed by atoms with Gasteiger partial charge in [0.1, 0.15) is 5.82 Å². The predicted octanol–water partition coefficient (Wildman–Crippen LogP) is 4.79. The highest BCUT2D eigenvalue weighted by molar-refractivity contribution is 6.34. The third-order valence-corrected chi connectivity index (χ3v) is 5.56. The predicted molar refractivity (Wildman–Crippen MR) is 133 cm³/mol. The van der Waals surface area contributed by atoms with Crippen molar-refractivity contribution in [1.82, 2.24) is 25.1 Å². The third kappa shape index (κ3) is 6.01. The van der Waals surface area contributed by atoms with E-state index in [4.69, 9.17) is 16.0 Å². The van der Waals surface area contributed by atoms with Crippen molar-refractivity contribution in [3.05, 3.63) is 76.8 Å². The first-order valence-corrected chi connectivity index (χ1v) is 11.4. The summed E-state index contributed by atoms with van der Waals surface area (Å²) < 4.78 is 44.0. The van der Waals surface area contributed by atoms with Gasteiger partial charge in [-0.05, 0) is 23.8 Å². The summed E-state index contributed by atoms with van der Waals surface area (Å²) >= 11 is 6.28. The van der Waals surface area contributed by atoms with Crippen molar-refractivity contribution in [2.75, 3.05) is 31.3 Å². The molecule has 0 radical (unpaired) electrons. The number of nitrogens with zero attached hydrogens (tertiary/aromatic N) is 5. The number of aromatic nitrogens is 4. The molecule has 1 atom stereocenters. The van der Waals surface area contributed by atoms with Crippen molar-refractivity contribution in [3.63, 3.8) is 0 Å². The van der Waals surface area contributed by atoms with Crippen LogP contribution in [0.2, 0.25) is 5.02 Å². The highest BCUT2D eigenvalue weighted by Crippen LogP contribution is 2.34. The number of anilines is 3. The molecule has 0 spiro atoms. The molecule has 38 heavy (non-hydrogen) atoms. The Hall–Kier alpha value is -4.23. The van der Waals surface area contributed by atoms with Gasteiger partial charge < -0.3 is 25.1 Å². The molecule has 10 nitrogen and oxygen atoms in total. The van der Waals surface area contributed by atoms with E-state index >= 15 is 0 Å². The summed E-state index contributed by atoms with van der Waals surface area (Å²) in [5, 5.41) is 22.7. The lowest BCUT2D eigenvalue weighted by molar-refractivity contribution is -0.156. The Labute approximate surface area is 219 Å². The van der Waals surface area contributed by atoms with Gasteiger partial charge in [-0.25, -0.2) is 4.98 Å². The molecular weight excluding hydrogens is 527 g/mol. The van der Waals surface area contributed by atoms with E-state index in [1.807, 2.05) is 0 Å². The minimum absolute atomic E-state index is 0.0158. The highest BCUT2D eigenvalue weighted by Gasteiger charge is 2.38. The van der Waals surface area contributed by atoms with E-state index in [0.29, 0.717) is 16.8 Å². The summed E-state index contributed by atoms with van der Waals surface area (Å²) in [5.41, 5.74) is 1.43. The van der Waals surface area contributed by atoms with E-state index in [0.717, 1.165) is 0 Å². The first kappa shape index (κ1) is 26.8. The molecule has 1 amide bonds. The van der Waals surface area contributed by atoms with Crippen LogP contribution in [0.5, 0.6) is 0 Å². The molecule has 0 bridgehead atoms. The molecule has 0 aliphatic carbocycles. The van der Waals surface area contributed by atoms with Crippen LogP contribution in [0.25, 0.3) is 11.5 Å². The molecule has 3 N–H and O–H groups in total. The van der Waals surface area contributed by atoms with E-state index in [2.05, 4.69) is 30.8 Å². The molecule has 2 aromatic carbocycles. The number of hydrogen-bond acceptors (Lipinski definition) is 9. The zero-order valence-corrected chi connectivity index (χ0v) is 20.7. The first-order chi connectivity index (χ1) is 18.1. The summed E-state index contributed by atoms with van der Waals surface area (Å²) in [6.45, 7) is -0.356. The van der Waals surface area contributed by atoms with E-state index in [-0.39, 0.29) is 34.9 Å². The van der Waals surface area contributed by atoms with E-state index in [1.54, 1.807) is 50.5 Å². The summed E-state index contributed by atoms with van der Waals surface area (Å²) in [5.74, 6) is -2.20. The molecule has 0 aliphatic rings. The van der Waals surface area contributed by atoms with Gasteiger partial charge in [0.15, 0.2) is 0 Å². The molecule has 0 fully saturated rings. The van der Waals surface area contributed by atoms with Crippen LogP contribution in [0.3, 0.4) is 0 Å². The van der Waals surface area contributed by atoms with Crippen LogP contribution in [-0.4, -0.2) is 56.8 Å². The molecule has 4 aromatic rings. The van der Waals surface area contributed by atoms with Crippen molar-refractivity contribution in [3.8, 4) is 11.5 Å². The Kier molecular flexibility index (Phi) is 7.78. The molecule has 0 unspecified atom stereocenters. The molecule has 4 rings (SSSR count). The van der Waals surface area contributed by atoms with Crippen molar-refractivity contribution >= 4 is 35.0 Å². The van der Waals surface area contributed by atoms with Gasteiger partial charge in [0.2, 0.25) is 5.95 Å². The number of aliphatic hydroxyl groups excluding tert-OH is 1. The lowest BCUT2D eigenvalue weighted by Crippen LogP contribution is -2.22. The second-order valence-electron chi connectivity index (χ2n) is 8.18. The van der Waals surface area contributed by atoms with Crippen LogP contribution in [0, 0.1) is 0 Å². The number of hydrogen-bond donors (Lipinski definition) is 3. The summed E-state index contributed by atoms with van der Waals surface area (Å²) in [7, 11) is 3.20. The fraction of sp³-hybridized carbons (Fsp3) is 0.208. The summed E-state index contributed by atoms with van der Waals surface area (Å²) in [6.07, 6.45) is -3.63. The lowest BCUT2D eigenvalue weighted by atomic mass is 10.1.